The number of aryl methyl sites for hydroxylation is 1. The summed E-state index contributed by atoms with van der Waals surface area (Å²) in [6.45, 7) is 2.10. The second kappa shape index (κ2) is 7.23. The molecule has 6 heteroatoms. The van der Waals surface area contributed by atoms with E-state index in [1.54, 1.807) is 6.20 Å². The molecule has 1 aromatic carbocycles. The Bertz CT molecular complexity index is 875. The number of pyridine rings is 1. The fourth-order valence-corrected chi connectivity index (χ4v) is 3.58. The van der Waals surface area contributed by atoms with Gasteiger partial charge in [-0.25, -0.2) is 9.78 Å². The van der Waals surface area contributed by atoms with Gasteiger partial charge in [0.25, 0.3) is 0 Å². The maximum atomic E-state index is 11.6. The third-order valence-electron chi connectivity index (χ3n) is 3.51. The Morgan fingerprint density at radius 3 is 2.62 bits per heavy atom. The maximum Gasteiger partial charge on any atom is 0.348 e. The van der Waals surface area contributed by atoms with E-state index in [0.717, 1.165) is 34.1 Å². The van der Waals surface area contributed by atoms with Gasteiger partial charge >= 0.3 is 5.97 Å². The number of carbonyl (C=O) groups is 1. The average molecular weight is 403 g/mol. The van der Waals surface area contributed by atoms with Crippen molar-refractivity contribution < 1.29 is 9.90 Å². The lowest BCUT2D eigenvalue weighted by Gasteiger charge is -2.01. The van der Waals surface area contributed by atoms with E-state index in [1.165, 1.54) is 11.3 Å². The first-order valence-electron chi connectivity index (χ1n) is 7.54. The van der Waals surface area contributed by atoms with Gasteiger partial charge in [0.15, 0.2) is 0 Å². The molecule has 0 atom stereocenters. The van der Waals surface area contributed by atoms with Crippen molar-refractivity contribution in [3.63, 3.8) is 0 Å². The highest BCUT2D eigenvalue weighted by Gasteiger charge is 2.19. The standard InChI is InChI=1S/C18H15BrN2O2S/c1-2-3-14-10-12(8-9-20-14)17-21-15(16(24-17)18(22)23)11-4-6-13(19)7-5-11/h4-10H,2-3H2,1H3,(H,22,23). The summed E-state index contributed by atoms with van der Waals surface area (Å²) in [6, 6.07) is 11.3. The summed E-state index contributed by atoms with van der Waals surface area (Å²) < 4.78 is 0.942. The molecule has 3 aromatic rings. The average Bonchev–Trinajstić information content (AvgIpc) is 3.02. The second-order valence-electron chi connectivity index (χ2n) is 5.29. The van der Waals surface area contributed by atoms with Crippen LogP contribution in [0, 0.1) is 0 Å². The van der Waals surface area contributed by atoms with Crippen LogP contribution in [0.15, 0.2) is 47.1 Å². The van der Waals surface area contributed by atoms with Gasteiger partial charge in [-0.15, -0.1) is 11.3 Å². The van der Waals surface area contributed by atoms with Crippen LogP contribution < -0.4 is 0 Å². The van der Waals surface area contributed by atoms with Gasteiger partial charge in [0.05, 0.1) is 5.69 Å². The monoisotopic (exact) mass is 402 g/mol. The van der Waals surface area contributed by atoms with Gasteiger partial charge in [-0.3, -0.25) is 4.98 Å². The zero-order valence-corrected chi connectivity index (χ0v) is 15.4. The zero-order chi connectivity index (χ0) is 17.1. The van der Waals surface area contributed by atoms with E-state index in [2.05, 4.69) is 32.8 Å². The van der Waals surface area contributed by atoms with Crippen molar-refractivity contribution in [1.82, 2.24) is 9.97 Å². The molecule has 0 saturated heterocycles. The van der Waals surface area contributed by atoms with Crippen molar-refractivity contribution in [3.8, 4) is 21.8 Å². The molecular weight excluding hydrogens is 388 g/mol. The molecule has 0 aliphatic heterocycles. The van der Waals surface area contributed by atoms with Gasteiger partial charge in [-0.05, 0) is 30.7 Å². The van der Waals surface area contributed by atoms with Gasteiger partial charge < -0.3 is 5.11 Å². The Labute approximate surface area is 152 Å². The molecule has 1 N–H and O–H groups in total. The molecule has 0 spiro atoms. The highest BCUT2D eigenvalue weighted by atomic mass is 79.9. The van der Waals surface area contributed by atoms with Crippen molar-refractivity contribution in [1.29, 1.82) is 0 Å². The predicted octanol–water partition coefficient (Wildman–Crippen LogP) is 5.29. The summed E-state index contributed by atoms with van der Waals surface area (Å²) in [5, 5.41) is 10.2. The van der Waals surface area contributed by atoms with Crippen molar-refractivity contribution in [3.05, 3.63) is 57.6 Å². The van der Waals surface area contributed by atoms with E-state index < -0.39 is 5.97 Å². The van der Waals surface area contributed by atoms with E-state index >= 15 is 0 Å². The number of rotatable bonds is 5. The van der Waals surface area contributed by atoms with Crippen LogP contribution in [0.3, 0.4) is 0 Å². The number of aromatic carboxylic acids is 1. The minimum atomic E-state index is -0.959. The van der Waals surface area contributed by atoms with E-state index in [-0.39, 0.29) is 4.88 Å². The van der Waals surface area contributed by atoms with Gasteiger partial charge in [0, 0.05) is 27.5 Å². The van der Waals surface area contributed by atoms with E-state index in [4.69, 9.17) is 0 Å². The fourth-order valence-electron chi connectivity index (χ4n) is 2.40. The SMILES string of the molecule is CCCc1cc(-c2nc(-c3ccc(Br)cc3)c(C(=O)O)s2)ccn1. The molecule has 4 nitrogen and oxygen atoms in total. The summed E-state index contributed by atoms with van der Waals surface area (Å²) in [4.78, 5) is 20.8. The third kappa shape index (κ3) is 3.55. The van der Waals surface area contributed by atoms with Crippen LogP contribution in [0.2, 0.25) is 0 Å². The van der Waals surface area contributed by atoms with Crippen molar-refractivity contribution in [2.75, 3.05) is 0 Å². The Balaban J connectivity index is 2.07. The minimum absolute atomic E-state index is 0.251. The van der Waals surface area contributed by atoms with Crippen LogP contribution in [-0.4, -0.2) is 21.0 Å². The lowest BCUT2D eigenvalue weighted by Crippen LogP contribution is -1.95. The first-order valence-corrected chi connectivity index (χ1v) is 9.14. The number of hydrogen-bond donors (Lipinski definition) is 1. The Hall–Kier alpha value is -2.05. The first-order chi connectivity index (χ1) is 11.6. The highest BCUT2D eigenvalue weighted by molar-refractivity contribution is 9.10. The molecule has 0 amide bonds. The number of halogens is 1. The van der Waals surface area contributed by atoms with Crippen LogP contribution in [0.25, 0.3) is 21.8 Å². The number of thiazole rings is 1. The topological polar surface area (TPSA) is 63.1 Å². The Kier molecular flexibility index (Phi) is 5.06. The Morgan fingerprint density at radius 1 is 1.21 bits per heavy atom. The molecule has 3 rings (SSSR count). The lowest BCUT2D eigenvalue weighted by atomic mass is 10.1. The van der Waals surface area contributed by atoms with Crippen molar-refractivity contribution in [2.45, 2.75) is 19.8 Å². The van der Waals surface area contributed by atoms with Gasteiger partial charge in [0.2, 0.25) is 0 Å². The largest absolute Gasteiger partial charge is 0.477 e. The quantitative estimate of drug-likeness (QED) is 0.629. The van der Waals surface area contributed by atoms with Gasteiger partial charge in [-0.1, -0.05) is 41.4 Å². The molecular formula is C18H15BrN2O2S. The van der Waals surface area contributed by atoms with E-state index in [9.17, 15) is 9.90 Å². The molecule has 0 aliphatic carbocycles. The molecule has 2 aromatic heterocycles. The molecule has 0 bridgehead atoms. The molecule has 122 valence electrons. The van der Waals surface area contributed by atoms with Crippen molar-refractivity contribution >= 4 is 33.2 Å². The van der Waals surface area contributed by atoms with E-state index in [1.807, 2.05) is 36.4 Å². The van der Waals surface area contributed by atoms with Crippen LogP contribution in [0.5, 0.6) is 0 Å². The smallest absolute Gasteiger partial charge is 0.348 e. The maximum absolute atomic E-state index is 11.6. The Morgan fingerprint density at radius 2 is 1.96 bits per heavy atom. The van der Waals surface area contributed by atoms with Crippen LogP contribution in [0.4, 0.5) is 0 Å². The summed E-state index contributed by atoms with van der Waals surface area (Å²) in [5.41, 5.74) is 3.20. The van der Waals surface area contributed by atoms with Gasteiger partial charge in [0.1, 0.15) is 9.88 Å². The minimum Gasteiger partial charge on any atom is -0.477 e. The summed E-state index contributed by atoms with van der Waals surface area (Å²) in [5.74, 6) is -0.959. The number of nitrogens with zero attached hydrogens (tertiary/aromatic N) is 2. The molecule has 24 heavy (non-hydrogen) atoms. The number of carboxylic acids is 1. The summed E-state index contributed by atoms with van der Waals surface area (Å²) in [6.07, 6.45) is 3.66. The summed E-state index contributed by atoms with van der Waals surface area (Å²) in [7, 11) is 0. The lowest BCUT2D eigenvalue weighted by molar-refractivity contribution is 0.0702. The van der Waals surface area contributed by atoms with Crippen molar-refractivity contribution in [2.24, 2.45) is 0 Å². The van der Waals surface area contributed by atoms with E-state index in [0.29, 0.717) is 10.7 Å². The molecule has 0 saturated carbocycles. The van der Waals surface area contributed by atoms with Crippen LogP contribution >= 0.6 is 27.3 Å². The fraction of sp³-hybridized carbons (Fsp3) is 0.167. The molecule has 2 heterocycles. The number of aromatic nitrogens is 2. The highest BCUT2D eigenvalue weighted by Crippen LogP contribution is 2.34. The summed E-state index contributed by atoms with van der Waals surface area (Å²) >= 11 is 4.59. The zero-order valence-electron chi connectivity index (χ0n) is 13.0. The molecule has 0 unspecified atom stereocenters. The first kappa shape index (κ1) is 16.8. The number of benzene rings is 1. The second-order valence-corrected chi connectivity index (χ2v) is 7.21. The molecule has 0 aliphatic rings. The number of carboxylic acid groups (broad SMARTS) is 1. The number of hydrogen-bond acceptors (Lipinski definition) is 4. The molecule has 0 radical (unpaired) electrons. The molecule has 0 fully saturated rings. The predicted molar refractivity (Wildman–Crippen MR) is 99.4 cm³/mol. The van der Waals surface area contributed by atoms with Gasteiger partial charge in [-0.2, -0.15) is 0 Å². The third-order valence-corrected chi connectivity index (χ3v) is 5.13. The van der Waals surface area contributed by atoms with Crippen LogP contribution in [0.1, 0.15) is 28.7 Å². The normalized spacial score (nSPS) is 10.8. The van der Waals surface area contributed by atoms with Crippen LogP contribution in [-0.2, 0) is 6.42 Å².